The predicted octanol–water partition coefficient (Wildman–Crippen LogP) is 2.28. The third-order valence-corrected chi connectivity index (χ3v) is 4.12. The Labute approximate surface area is 104 Å². The molecule has 3 unspecified atom stereocenters. The molecule has 3 heteroatoms. The molecule has 0 aromatic carbocycles. The average molecular weight is 233 g/mol. The van der Waals surface area contributed by atoms with Crippen molar-refractivity contribution in [1.82, 2.24) is 10.4 Å². The van der Waals surface area contributed by atoms with Crippen molar-refractivity contribution in [3.05, 3.63) is 30.1 Å². The first-order valence-corrected chi connectivity index (χ1v) is 6.68. The molecule has 0 amide bonds. The second-order valence-corrected chi connectivity index (χ2v) is 5.19. The van der Waals surface area contributed by atoms with Crippen molar-refractivity contribution >= 4 is 0 Å². The second kappa shape index (κ2) is 6.12. The molecule has 1 aromatic rings. The molecule has 1 heterocycles. The Morgan fingerprint density at radius 1 is 1.53 bits per heavy atom. The number of hydrogen-bond acceptors (Lipinski definition) is 3. The minimum absolute atomic E-state index is 0.399. The summed E-state index contributed by atoms with van der Waals surface area (Å²) in [7, 11) is 0. The SMILES string of the molecule is CCC1CCC(C(Cc2cccnc2)NN)C1. The number of hydrazine groups is 1. The van der Waals surface area contributed by atoms with E-state index < -0.39 is 0 Å². The largest absolute Gasteiger partial charge is 0.271 e. The maximum atomic E-state index is 5.72. The van der Waals surface area contributed by atoms with Crippen LogP contribution in [-0.4, -0.2) is 11.0 Å². The van der Waals surface area contributed by atoms with E-state index in [1.54, 1.807) is 0 Å². The van der Waals surface area contributed by atoms with Gasteiger partial charge in [0.15, 0.2) is 0 Å². The van der Waals surface area contributed by atoms with Crippen LogP contribution in [0.3, 0.4) is 0 Å². The summed E-state index contributed by atoms with van der Waals surface area (Å²) in [5, 5.41) is 0. The summed E-state index contributed by atoms with van der Waals surface area (Å²) in [6.45, 7) is 2.29. The summed E-state index contributed by atoms with van der Waals surface area (Å²) >= 11 is 0. The van der Waals surface area contributed by atoms with Gasteiger partial charge in [-0.3, -0.25) is 16.3 Å². The quantitative estimate of drug-likeness (QED) is 0.606. The summed E-state index contributed by atoms with van der Waals surface area (Å²) < 4.78 is 0. The van der Waals surface area contributed by atoms with E-state index in [1.165, 1.54) is 31.2 Å². The molecule has 0 bridgehead atoms. The van der Waals surface area contributed by atoms with Gasteiger partial charge in [-0.05, 0) is 42.7 Å². The fraction of sp³-hybridized carbons (Fsp3) is 0.643. The molecule has 1 saturated carbocycles. The fourth-order valence-corrected chi connectivity index (χ4v) is 2.98. The van der Waals surface area contributed by atoms with Crippen LogP contribution in [0.4, 0.5) is 0 Å². The van der Waals surface area contributed by atoms with Gasteiger partial charge < -0.3 is 0 Å². The highest BCUT2D eigenvalue weighted by atomic mass is 15.2. The standard InChI is InChI=1S/C14H23N3/c1-2-11-5-6-13(8-11)14(17-15)9-12-4-3-7-16-10-12/h3-4,7,10-11,13-14,17H,2,5-6,8-9,15H2,1H3. The Hall–Kier alpha value is -0.930. The molecule has 0 radical (unpaired) electrons. The normalized spacial score (nSPS) is 26.0. The van der Waals surface area contributed by atoms with E-state index in [1.807, 2.05) is 18.5 Å². The van der Waals surface area contributed by atoms with Gasteiger partial charge in [0.05, 0.1) is 0 Å². The third-order valence-electron chi connectivity index (χ3n) is 4.12. The van der Waals surface area contributed by atoms with Crippen LogP contribution in [0.25, 0.3) is 0 Å². The van der Waals surface area contributed by atoms with Crippen LogP contribution in [0.2, 0.25) is 0 Å². The predicted molar refractivity (Wildman–Crippen MR) is 70.2 cm³/mol. The molecule has 0 spiro atoms. The molecular weight excluding hydrogens is 210 g/mol. The Bertz CT molecular complexity index is 325. The molecule has 94 valence electrons. The molecule has 0 aliphatic heterocycles. The van der Waals surface area contributed by atoms with Gasteiger partial charge in [0.1, 0.15) is 0 Å². The molecule has 1 aliphatic carbocycles. The van der Waals surface area contributed by atoms with Gasteiger partial charge in [0, 0.05) is 18.4 Å². The monoisotopic (exact) mass is 233 g/mol. The Morgan fingerprint density at radius 2 is 2.41 bits per heavy atom. The summed E-state index contributed by atoms with van der Waals surface area (Å²) in [4.78, 5) is 4.16. The van der Waals surface area contributed by atoms with E-state index in [4.69, 9.17) is 5.84 Å². The van der Waals surface area contributed by atoms with Crippen molar-refractivity contribution in [1.29, 1.82) is 0 Å². The number of nitrogens with two attached hydrogens (primary N) is 1. The number of nitrogens with zero attached hydrogens (tertiary/aromatic N) is 1. The number of aromatic nitrogens is 1. The van der Waals surface area contributed by atoms with Crippen molar-refractivity contribution in [2.24, 2.45) is 17.7 Å². The second-order valence-electron chi connectivity index (χ2n) is 5.19. The van der Waals surface area contributed by atoms with Gasteiger partial charge in [0.25, 0.3) is 0 Å². The van der Waals surface area contributed by atoms with Crippen molar-refractivity contribution in [3.8, 4) is 0 Å². The molecule has 1 aliphatic rings. The highest BCUT2D eigenvalue weighted by Crippen LogP contribution is 2.35. The van der Waals surface area contributed by atoms with E-state index in [0.29, 0.717) is 6.04 Å². The maximum Gasteiger partial charge on any atom is 0.0300 e. The summed E-state index contributed by atoms with van der Waals surface area (Å²) in [5.41, 5.74) is 4.28. The minimum atomic E-state index is 0.399. The van der Waals surface area contributed by atoms with Crippen molar-refractivity contribution < 1.29 is 0 Å². The lowest BCUT2D eigenvalue weighted by Gasteiger charge is -2.23. The van der Waals surface area contributed by atoms with Crippen LogP contribution >= 0.6 is 0 Å². The fourth-order valence-electron chi connectivity index (χ4n) is 2.98. The van der Waals surface area contributed by atoms with E-state index in [-0.39, 0.29) is 0 Å². The highest BCUT2D eigenvalue weighted by Gasteiger charge is 2.29. The first-order chi connectivity index (χ1) is 8.33. The smallest absolute Gasteiger partial charge is 0.0300 e. The zero-order valence-electron chi connectivity index (χ0n) is 10.6. The lowest BCUT2D eigenvalue weighted by Crippen LogP contribution is -2.41. The molecule has 1 fully saturated rings. The molecule has 0 saturated heterocycles. The molecule has 1 aromatic heterocycles. The van der Waals surface area contributed by atoms with Crippen molar-refractivity contribution in [2.45, 2.75) is 45.1 Å². The van der Waals surface area contributed by atoms with Crippen LogP contribution in [0.1, 0.15) is 38.2 Å². The zero-order valence-corrected chi connectivity index (χ0v) is 10.6. The Kier molecular flexibility index (Phi) is 4.51. The van der Waals surface area contributed by atoms with E-state index in [9.17, 15) is 0 Å². The Morgan fingerprint density at radius 3 is 3.00 bits per heavy atom. The molecule has 2 rings (SSSR count). The minimum Gasteiger partial charge on any atom is -0.271 e. The van der Waals surface area contributed by atoms with Crippen LogP contribution in [0.5, 0.6) is 0 Å². The van der Waals surface area contributed by atoms with E-state index in [0.717, 1.165) is 18.3 Å². The van der Waals surface area contributed by atoms with Crippen LogP contribution in [-0.2, 0) is 6.42 Å². The number of pyridine rings is 1. The Balaban J connectivity index is 1.93. The zero-order chi connectivity index (χ0) is 12.1. The molecule has 17 heavy (non-hydrogen) atoms. The molecule has 3 N–H and O–H groups in total. The van der Waals surface area contributed by atoms with Gasteiger partial charge in [-0.1, -0.05) is 25.8 Å². The molecule has 3 nitrogen and oxygen atoms in total. The van der Waals surface area contributed by atoms with E-state index in [2.05, 4.69) is 23.4 Å². The van der Waals surface area contributed by atoms with Gasteiger partial charge in [-0.2, -0.15) is 0 Å². The highest BCUT2D eigenvalue weighted by molar-refractivity contribution is 5.10. The first kappa shape index (κ1) is 12.5. The van der Waals surface area contributed by atoms with Crippen molar-refractivity contribution in [3.63, 3.8) is 0 Å². The van der Waals surface area contributed by atoms with Crippen LogP contribution in [0.15, 0.2) is 24.5 Å². The average Bonchev–Trinajstić information content (AvgIpc) is 2.86. The van der Waals surface area contributed by atoms with Crippen LogP contribution in [0, 0.1) is 11.8 Å². The number of nitrogens with one attached hydrogen (secondary N) is 1. The lowest BCUT2D eigenvalue weighted by molar-refractivity contribution is 0.347. The van der Waals surface area contributed by atoms with Crippen LogP contribution < -0.4 is 11.3 Å². The van der Waals surface area contributed by atoms with E-state index >= 15 is 0 Å². The summed E-state index contributed by atoms with van der Waals surface area (Å²) in [6, 6.07) is 4.52. The summed E-state index contributed by atoms with van der Waals surface area (Å²) in [6.07, 6.45) is 10.1. The van der Waals surface area contributed by atoms with Gasteiger partial charge in [-0.15, -0.1) is 0 Å². The lowest BCUT2D eigenvalue weighted by atomic mass is 9.92. The van der Waals surface area contributed by atoms with Gasteiger partial charge in [-0.25, -0.2) is 0 Å². The van der Waals surface area contributed by atoms with Gasteiger partial charge >= 0.3 is 0 Å². The molecule has 3 atom stereocenters. The van der Waals surface area contributed by atoms with Gasteiger partial charge in [0.2, 0.25) is 0 Å². The number of hydrogen-bond donors (Lipinski definition) is 2. The summed E-state index contributed by atoms with van der Waals surface area (Å²) in [5.74, 6) is 7.35. The molecular formula is C14H23N3. The topological polar surface area (TPSA) is 50.9 Å². The third kappa shape index (κ3) is 3.27. The maximum absolute atomic E-state index is 5.72. The van der Waals surface area contributed by atoms with Crippen molar-refractivity contribution in [2.75, 3.05) is 0 Å². The first-order valence-electron chi connectivity index (χ1n) is 6.68. The number of rotatable bonds is 5.